The summed E-state index contributed by atoms with van der Waals surface area (Å²) in [6, 6.07) is 14.8. The molecule has 2 fully saturated rings. The van der Waals surface area contributed by atoms with E-state index in [4.69, 9.17) is 17.0 Å². The lowest BCUT2D eigenvalue weighted by atomic mass is 10.1. The molecule has 3 heterocycles. The molecule has 0 radical (unpaired) electrons. The van der Waals surface area contributed by atoms with E-state index in [0.29, 0.717) is 32.9 Å². The number of amides is 2. The molecule has 0 spiro atoms. The first-order chi connectivity index (χ1) is 16.0. The Hall–Kier alpha value is -2.72. The van der Waals surface area contributed by atoms with E-state index in [9.17, 15) is 9.59 Å². The van der Waals surface area contributed by atoms with E-state index in [1.54, 1.807) is 36.3 Å². The van der Waals surface area contributed by atoms with Crippen LogP contribution in [0.4, 0.5) is 11.4 Å². The first-order valence-corrected chi connectivity index (χ1v) is 12.0. The monoisotopic (exact) mass is 480 g/mol. The molecule has 3 aliphatic heterocycles. The van der Waals surface area contributed by atoms with Gasteiger partial charge in [0.1, 0.15) is 5.75 Å². The second-order valence-electron chi connectivity index (χ2n) is 8.22. The molecule has 2 amide bonds. The average Bonchev–Trinajstić information content (AvgIpc) is 3.27. The van der Waals surface area contributed by atoms with E-state index in [-0.39, 0.29) is 11.8 Å². The number of hydrogen-bond donors (Lipinski definition) is 0. The number of para-hydroxylation sites is 1. The Labute approximate surface area is 202 Å². The van der Waals surface area contributed by atoms with E-state index in [1.165, 1.54) is 16.7 Å². The van der Waals surface area contributed by atoms with Crippen LogP contribution < -0.4 is 14.5 Å². The fraction of sp³-hybridized carbons (Fsp3) is 0.292. The Morgan fingerprint density at radius 2 is 1.67 bits per heavy atom. The van der Waals surface area contributed by atoms with Crippen molar-refractivity contribution in [2.75, 3.05) is 56.8 Å². The molecular formula is C24H24N4O3S2. The minimum Gasteiger partial charge on any atom is -0.497 e. The highest BCUT2D eigenvalue weighted by molar-refractivity contribution is 8.27. The molecule has 0 aromatic heterocycles. The number of methoxy groups -OCH3 is 1. The van der Waals surface area contributed by atoms with Crippen LogP contribution in [0.1, 0.15) is 5.56 Å². The lowest BCUT2D eigenvalue weighted by Gasteiger charge is -2.34. The topological polar surface area (TPSA) is 56.3 Å². The van der Waals surface area contributed by atoms with Crippen molar-refractivity contribution in [1.29, 1.82) is 0 Å². The number of anilines is 2. The van der Waals surface area contributed by atoms with Crippen molar-refractivity contribution in [3.05, 3.63) is 59.0 Å². The summed E-state index contributed by atoms with van der Waals surface area (Å²) in [5.41, 5.74) is 2.72. The van der Waals surface area contributed by atoms with E-state index >= 15 is 0 Å². The Morgan fingerprint density at radius 1 is 0.970 bits per heavy atom. The third-order valence-electron chi connectivity index (χ3n) is 6.19. The summed E-state index contributed by atoms with van der Waals surface area (Å²) in [5, 5.41) is 0. The predicted molar refractivity (Wildman–Crippen MR) is 135 cm³/mol. The minimum atomic E-state index is -0.269. The number of ether oxygens (including phenoxy) is 1. The van der Waals surface area contributed by atoms with Gasteiger partial charge in [0.2, 0.25) is 0 Å². The molecule has 0 atom stereocenters. The van der Waals surface area contributed by atoms with E-state index in [0.717, 1.165) is 37.4 Å². The maximum atomic E-state index is 13.7. The molecule has 9 heteroatoms. The summed E-state index contributed by atoms with van der Waals surface area (Å²) in [7, 11) is 3.70. The molecule has 33 heavy (non-hydrogen) atoms. The number of nitrogens with zero attached hydrogens (tertiary/aromatic N) is 4. The maximum Gasteiger partial charge on any atom is 0.271 e. The number of rotatable bonds is 4. The number of thioether (sulfide) groups is 1. The highest BCUT2D eigenvalue weighted by Gasteiger charge is 2.42. The number of carbonyl (C=O) groups excluding carboxylic acids is 2. The molecule has 0 N–H and O–H groups in total. The Bertz CT molecular complexity index is 1160. The third kappa shape index (κ3) is 3.95. The molecule has 2 saturated heterocycles. The number of carbonyl (C=O) groups is 2. The van der Waals surface area contributed by atoms with E-state index < -0.39 is 0 Å². The molecule has 0 bridgehead atoms. The van der Waals surface area contributed by atoms with E-state index in [1.807, 2.05) is 24.3 Å². The van der Waals surface area contributed by atoms with Crippen LogP contribution in [0.2, 0.25) is 0 Å². The molecule has 7 nitrogen and oxygen atoms in total. The molecule has 2 aromatic rings. The molecule has 3 aliphatic rings. The summed E-state index contributed by atoms with van der Waals surface area (Å²) in [4.78, 5) is 35.4. The van der Waals surface area contributed by atoms with Crippen LogP contribution in [-0.4, -0.2) is 72.9 Å². The molecule has 0 unspecified atom stereocenters. The number of piperazine rings is 1. The SMILES string of the molecule is COc1ccc(N2C(=O)C(=C3C(=O)N(CN4CCN(C)CC4)c4ccccc43)SC2=S)cc1. The first-order valence-electron chi connectivity index (χ1n) is 10.7. The van der Waals surface area contributed by atoms with Crippen LogP contribution in [0.3, 0.4) is 0 Å². The van der Waals surface area contributed by atoms with Gasteiger partial charge in [-0.3, -0.25) is 24.3 Å². The zero-order chi connectivity index (χ0) is 23.1. The zero-order valence-corrected chi connectivity index (χ0v) is 20.1. The standard InChI is InChI=1S/C24H24N4O3S2/c1-25-11-13-26(14-12-25)15-27-19-6-4-3-5-18(19)20(22(27)29)21-23(30)28(24(32)33-21)16-7-9-17(31-2)10-8-16/h3-10H,11-15H2,1-2H3. The highest BCUT2D eigenvalue weighted by atomic mass is 32.2. The highest BCUT2D eigenvalue weighted by Crippen LogP contribution is 2.45. The number of fused-ring (bicyclic) bond motifs is 1. The fourth-order valence-corrected chi connectivity index (χ4v) is 5.67. The Morgan fingerprint density at radius 3 is 2.36 bits per heavy atom. The van der Waals surface area contributed by atoms with Crippen LogP contribution >= 0.6 is 24.0 Å². The predicted octanol–water partition coefficient (Wildman–Crippen LogP) is 3.02. The van der Waals surface area contributed by atoms with Gasteiger partial charge in [0.15, 0.2) is 4.32 Å². The van der Waals surface area contributed by atoms with Crippen molar-refractivity contribution in [3.63, 3.8) is 0 Å². The quantitative estimate of drug-likeness (QED) is 0.493. The van der Waals surface area contributed by atoms with Crippen LogP contribution in [0, 0.1) is 0 Å². The van der Waals surface area contributed by atoms with Crippen LogP contribution in [0.15, 0.2) is 53.4 Å². The van der Waals surface area contributed by atoms with Gasteiger partial charge in [-0.25, -0.2) is 0 Å². The molecule has 5 rings (SSSR count). The van der Waals surface area contributed by atoms with Gasteiger partial charge in [0.25, 0.3) is 11.8 Å². The van der Waals surface area contributed by atoms with Crippen LogP contribution in [-0.2, 0) is 9.59 Å². The summed E-state index contributed by atoms with van der Waals surface area (Å²) in [6.45, 7) is 4.24. The van der Waals surface area contributed by atoms with Crippen LogP contribution in [0.5, 0.6) is 5.75 Å². The van der Waals surface area contributed by atoms with Gasteiger partial charge in [-0.1, -0.05) is 42.2 Å². The van der Waals surface area contributed by atoms with Gasteiger partial charge >= 0.3 is 0 Å². The van der Waals surface area contributed by atoms with Crippen molar-refractivity contribution >= 4 is 57.1 Å². The second-order valence-corrected chi connectivity index (χ2v) is 9.87. The van der Waals surface area contributed by atoms with Gasteiger partial charge < -0.3 is 9.64 Å². The van der Waals surface area contributed by atoms with Crippen molar-refractivity contribution in [2.45, 2.75) is 0 Å². The van der Waals surface area contributed by atoms with Gasteiger partial charge in [0, 0.05) is 31.7 Å². The summed E-state index contributed by atoms with van der Waals surface area (Å²) < 4.78 is 5.63. The van der Waals surface area contributed by atoms with Gasteiger partial charge in [-0.2, -0.15) is 0 Å². The lowest BCUT2D eigenvalue weighted by molar-refractivity contribution is -0.115. The van der Waals surface area contributed by atoms with Crippen molar-refractivity contribution in [2.24, 2.45) is 0 Å². The molecule has 170 valence electrons. The molecular weight excluding hydrogens is 456 g/mol. The Balaban J connectivity index is 1.49. The van der Waals surface area contributed by atoms with Gasteiger partial charge in [-0.15, -0.1) is 0 Å². The molecule has 0 aliphatic carbocycles. The minimum absolute atomic E-state index is 0.148. The second kappa shape index (κ2) is 8.90. The number of benzene rings is 2. The maximum absolute atomic E-state index is 13.7. The number of hydrogen-bond acceptors (Lipinski definition) is 7. The Kier molecular flexibility index (Phi) is 5.96. The van der Waals surface area contributed by atoms with Gasteiger partial charge in [-0.05, 0) is 37.4 Å². The summed E-state index contributed by atoms with van der Waals surface area (Å²) >= 11 is 6.73. The lowest BCUT2D eigenvalue weighted by Crippen LogP contribution is -2.49. The smallest absolute Gasteiger partial charge is 0.271 e. The van der Waals surface area contributed by atoms with Crippen molar-refractivity contribution < 1.29 is 14.3 Å². The average molecular weight is 481 g/mol. The normalized spacial score (nSPS) is 21.8. The fourth-order valence-electron chi connectivity index (χ4n) is 4.30. The summed E-state index contributed by atoms with van der Waals surface area (Å²) in [5.74, 6) is 0.280. The third-order valence-corrected chi connectivity index (χ3v) is 7.56. The van der Waals surface area contributed by atoms with Crippen molar-refractivity contribution in [3.8, 4) is 5.75 Å². The number of thiocarbonyl (C=S) groups is 1. The zero-order valence-electron chi connectivity index (χ0n) is 18.5. The number of likely N-dealkylation sites (N-methyl/N-ethyl adjacent to an activating group) is 1. The van der Waals surface area contributed by atoms with Crippen LogP contribution in [0.25, 0.3) is 5.57 Å². The van der Waals surface area contributed by atoms with Gasteiger partial charge in [0.05, 0.1) is 35.6 Å². The first kappa shape index (κ1) is 22.1. The largest absolute Gasteiger partial charge is 0.497 e. The molecule has 2 aromatic carbocycles. The summed E-state index contributed by atoms with van der Waals surface area (Å²) in [6.07, 6.45) is 0. The molecule has 0 saturated carbocycles. The van der Waals surface area contributed by atoms with E-state index in [2.05, 4.69) is 16.8 Å². The van der Waals surface area contributed by atoms with Crippen molar-refractivity contribution in [1.82, 2.24) is 9.80 Å².